The number of pyridine rings is 1. The van der Waals surface area contributed by atoms with Gasteiger partial charge in [-0.25, -0.2) is 0 Å². The van der Waals surface area contributed by atoms with Crippen LogP contribution in [0.3, 0.4) is 0 Å². The van der Waals surface area contributed by atoms with Crippen molar-refractivity contribution in [3.63, 3.8) is 0 Å². The Hall–Kier alpha value is -0.800. The summed E-state index contributed by atoms with van der Waals surface area (Å²) in [4.78, 5) is 2.11. The number of anilines is 1. The monoisotopic (exact) mass is 284 g/mol. The highest BCUT2D eigenvalue weighted by atomic mass is 35.5. The number of rotatable bonds is 4. The molecule has 1 fully saturated rings. The van der Waals surface area contributed by atoms with Gasteiger partial charge in [0, 0.05) is 31.9 Å². The summed E-state index contributed by atoms with van der Waals surface area (Å²) in [6.45, 7) is 0.679. The minimum absolute atomic E-state index is 0. The molecular formula is C15H25ClN2O. The van der Waals surface area contributed by atoms with Gasteiger partial charge in [0.2, 0.25) is 0 Å². The number of aromatic nitrogens is 1. The lowest BCUT2D eigenvalue weighted by Gasteiger charge is -2.13. The molecule has 1 aliphatic rings. The maximum Gasteiger partial charge on any atom is 0.252 e. The first-order valence-electron chi connectivity index (χ1n) is 7.04. The Labute approximate surface area is 123 Å². The number of hydrogen-bond acceptors (Lipinski definition) is 2. The van der Waals surface area contributed by atoms with Crippen LogP contribution in [0.25, 0.3) is 0 Å². The zero-order valence-corrected chi connectivity index (χ0v) is 12.8. The summed E-state index contributed by atoms with van der Waals surface area (Å²) in [5.74, 6) is 0. The molecule has 0 radical (unpaired) electrons. The van der Waals surface area contributed by atoms with Crippen LogP contribution in [-0.2, 0) is 11.5 Å². The molecule has 0 unspecified atom stereocenters. The smallest absolute Gasteiger partial charge is 0.252 e. The Morgan fingerprint density at radius 3 is 2.21 bits per heavy atom. The predicted octanol–water partition coefficient (Wildman–Crippen LogP) is -0.259. The molecule has 2 rings (SSSR count). The normalized spacial score (nSPS) is 16.5. The van der Waals surface area contributed by atoms with Crippen LogP contribution in [0.15, 0.2) is 24.5 Å². The first-order valence-corrected chi connectivity index (χ1v) is 7.04. The van der Waals surface area contributed by atoms with Gasteiger partial charge in [-0.1, -0.05) is 25.7 Å². The Balaban J connectivity index is 0.00000180. The summed E-state index contributed by atoms with van der Waals surface area (Å²) in [7, 11) is 4.11. The van der Waals surface area contributed by atoms with Gasteiger partial charge < -0.3 is 22.0 Å². The highest BCUT2D eigenvalue weighted by Crippen LogP contribution is 2.19. The van der Waals surface area contributed by atoms with Crippen molar-refractivity contribution in [3.05, 3.63) is 24.5 Å². The average Bonchev–Trinajstić information content (AvgIpc) is 2.65. The lowest BCUT2D eigenvalue weighted by Crippen LogP contribution is -3.00. The van der Waals surface area contributed by atoms with E-state index in [1.54, 1.807) is 0 Å². The maximum atomic E-state index is 6.00. The van der Waals surface area contributed by atoms with Gasteiger partial charge in [-0.05, 0) is 12.8 Å². The molecule has 1 aliphatic carbocycles. The van der Waals surface area contributed by atoms with Crippen LogP contribution in [0.5, 0.6) is 0 Å². The van der Waals surface area contributed by atoms with Crippen LogP contribution in [0.2, 0.25) is 0 Å². The van der Waals surface area contributed by atoms with Crippen LogP contribution >= 0.6 is 0 Å². The molecule has 0 aromatic carbocycles. The summed E-state index contributed by atoms with van der Waals surface area (Å²) in [6.07, 6.45) is 12.5. The molecule has 3 nitrogen and oxygen atoms in total. The molecule has 0 bridgehead atoms. The zero-order chi connectivity index (χ0) is 12.8. The van der Waals surface area contributed by atoms with E-state index < -0.39 is 0 Å². The standard InChI is InChI=1S/C15H25N2O.ClH/c1-16(2)14-9-11-17(12-10-14)13-18-15-7-5-3-4-6-8-15;/h9-12,15H,3-8,13H2,1-2H3;1H/q+1;/p-1. The lowest BCUT2D eigenvalue weighted by atomic mass is 10.2. The van der Waals surface area contributed by atoms with Crippen molar-refractivity contribution in [2.45, 2.75) is 51.4 Å². The van der Waals surface area contributed by atoms with E-state index in [0.717, 1.165) is 0 Å². The maximum absolute atomic E-state index is 6.00. The number of nitrogens with zero attached hydrogens (tertiary/aromatic N) is 2. The molecule has 0 atom stereocenters. The van der Waals surface area contributed by atoms with E-state index in [9.17, 15) is 0 Å². The number of halogens is 1. The zero-order valence-electron chi connectivity index (χ0n) is 12.0. The van der Waals surface area contributed by atoms with Crippen LogP contribution < -0.4 is 21.9 Å². The van der Waals surface area contributed by atoms with E-state index in [2.05, 4.69) is 48.1 Å². The van der Waals surface area contributed by atoms with Gasteiger partial charge >= 0.3 is 0 Å². The summed E-state index contributed by atoms with van der Waals surface area (Å²) < 4.78 is 8.11. The van der Waals surface area contributed by atoms with E-state index in [4.69, 9.17) is 4.74 Å². The Bertz CT molecular complexity index is 346. The second-order valence-corrected chi connectivity index (χ2v) is 5.37. The highest BCUT2D eigenvalue weighted by Gasteiger charge is 2.14. The summed E-state index contributed by atoms with van der Waals surface area (Å²) in [5, 5.41) is 0. The molecule has 0 N–H and O–H groups in total. The quantitative estimate of drug-likeness (QED) is 0.560. The Morgan fingerprint density at radius 1 is 1.11 bits per heavy atom. The average molecular weight is 285 g/mol. The number of ether oxygens (including phenoxy) is 1. The topological polar surface area (TPSA) is 16.4 Å². The van der Waals surface area contributed by atoms with Gasteiger partial charge in [0.05, 0.1) is 6.10 Å². The molecule has 19 heavy (non-hydrogen) atoms. The Morgan fingerprint density at radius 2 is 1.68 bits per heavy atom. The largest absolute Gasteiger partial charge is 1.00 e. The molecule has 0 saturated heterocycles. The van der Waals surface area contributed by atoms with Gasteiger partial charge in [-0.2, -0.15) is 4.57 Å². The fraction of sp³-hybridized carbons (Fsp3) is 0.667. The van der Waals surface area contributed by atoms with Gasteiger partial charge in [0.1, 0.15) is 0 Å². The summed E-state index contributed by atoms with van der Waals surface area (Å²) in [6, 6.07) is 4.24. The molecule has 0 spiro atoms. The fourth-order valence-corrected chi connectivity index (χ4v) is 2.43. The summed E-state index contributed by atoms with van der Waals surface area (Å²) in [5.41, 5.74) is 1.22. The van der Waals surface area contributed by atoms with Crippen LogP contribution in [0, 0.1) is 0 Å². The van der Waals surface area contributed by atoms with Crippen molar-refractivity contribution in [2.75, 3.05) is 19.0 Å². The molecule has 1 saturated carbocycles. The molecule has 1 aromatic heterocycles. The third-order valence-corrected chi connectivity index (χ3v) is 3.65. The van der Waals surface area contributed by atoms with Crippen LogP contribution in [0.1, 0.15) is 38.5 Å². The second kappa shape index (κ2) is 8.39. The minimum atomic E-state index is 0. The first kappa shape index (κ1) is 16.3. The fourth-order valence-electron chi connectivity index (χ4n) is 2.43. The van der Waals surface area contributed by atoms with E-state index in [-0.39, 0.29) is 12.4 Å². The second-order valence-electron chi connectivity index (χ2n) is 5.37. The van der Waals surface area contributed by atoms with Crippen molar-refractivity contribution in [3.8, 4) is 0 Å². The molecule has 1 heterocycles. The van der Waals surface area contributed by atoms with Crippen molar-refractivity contribution in [2.24, 2.45) is 0 Å². The van der Waals surface area contributed by atoms with Crippen molar-refractivity contribution in [1.29, 1.82) is 0 Å². The minimum Gasteiger partial charge on any atom is -1.00 e. The molecule has 4 heteroatoms. The molecule has 0 amide bonds. The van der Waals surface area contributed by atoms with E-state index in [1.807, 2.05) is 0 Å². The van der Waals surface area contributed by atoms with Gasteiger partial charge in [-0.3, -0.25) is 0 Å². The molecule has 1 aromatic rings. The summed E-state index contributed by atoms with van der Waals surface area (Å²) >= 11 is 0. The van der Waals surface area contributed by atoms with Crippen LogP contribution in [-0.4, -0.2) is 20.2 Å². The van der Waals surface area contributed by atoms with Crippen molar-refractivity contribution >= 4 is 5.69 Å². The lowest BCUT2D eigenvalue weighted by molar-refractivity contribution is -0.734. The SMILES string of the molecule is CN(C)c1cc[n+](COC2CCCCCC2)cc1.[Cl-]. The molecule has 108 valence electrons. The predicted molar refractivity (Wildman–Crippen MR) is 73.5 cm³/mol. The third-order valence-electron chi connectivity index (χ3n) is 3.65. The van der Waals surface area contributed by atoms with Gasteiger partial charge in [0.25, 0.3) is 6.73 Å². The first-order chi connectivity index (χ1) is 8.75. The van der Waals surface area contributed by atoms with Crippen molar-refractivity contribution in [1.82, 2.24) is 0 Å². The van der Waals surface area contributed by atoms with E-state index in [0.29, 0.717) is 12.8 Å². The highest BCUT2D eigenvalue weighted by molar-refractivity contribution is 5.41. The van der Waals surface area contributed by atoms with E-state index in [1.165, 1.54) is 44.2 Å². The van der Waals surface area contributed by atoms with Crippen LogP contribution in [0.4, 0.5) is 5.69 Å². The van der Waals surface area contributed by atoms with Crippen molar-refractivity contribution < 1.29 is 21.7 Å². The Kier molecular flexibility index (Phi) is 7.17. The van der Waals surface area contributed by atoms with Gasteiger partial charge in [-0.15, -0.1) is 0 Å². The third kappa shape index (κ3) is 5.37. The van der Waals surface area contributed by atoms with E-state index >= 15 is 0 Å². The van der Waals surface area contributed by atoms with Gasteiger partial charge in [0.15, 0.2) is 12.4 Å². The molecule has 0 aliphatic heterocycles. The molecular weight excluding hydrogens is 260 g/mol. The number of hydrogen-bond donors (Lipinski definition) is 0.